The van der Waals surface area contributed by atoms with Gasteiger partial charge in [-0.2, -0.15) is 0 Å². The highest BCUT2D eigenvalue weighted by atomic mass is 127. The fraction of sp³-hybridized carbons (Fsp3) is 0.167. The Hall–Kier alpha value is 0.260. The van der Waals surface area contributed by atoms with E-state index < -0.39 is 0 Å². The van der Waals surface area contributed by atoms with Crippen LogP contribution in [0, 0.1) is 10.5 Å². The van der Waals surface area contributed by atoms with Crippen LogP contribution in [-0.2, 0) is 0 Å². The summed E-state index contributed by atoms with van der Waals surface area (Å²) >= 11 is 13.5. The molecule has 1 aromatic rings. The molecule has 0 fully saturated rings. The van der Waals surface area contributed by atoms with Gasteiger partial charge in [0, 0.05) is 5.56 Å². The van der Waals surface area contributed by atoms with E-state index in [1.54, 1.807) is 0 Å². The maximum atomic E-state index is 5.71. The van der Waals surface area contributed by atoms with E-state index in [1.807, 2.05) is 29.5 Å². The Morgan fingerprint density at radius 2 is 1.91 bits per heavy atom. The first-order chi connectivity index (χ1) is 5.04. The second-order valence-electron chi connectivity index (χ2n) is 2.05. The normalized spacial score (nSPS) is 10.2. The van der Waals surface area contributed by atoms with Crippen molar-refractivity contribution in [3.05, 3.63) is 19.4 Å². The summed E-state index contributed by atoms with van der Waals surface area (Å²) in [6, 6.07) is 0. The molecule has 5 heteroatoms. The number of hydrogen-bond donors (Lipinski definition) is 1. The number of halogens is 3. The van der Waals surface area contributed by atoms with E-state index in [0.29, 0.717) is 16.0 Å². The number of rotatable bonds is 0. The van der Waals surface area contributed by atoms with E-state index in [9.17, 15) is 0 Å². The smallest absolute Gasteiger partial charge is 0.146 e. The van der Waals surface area contributed by atoms with E-state index in [1.165, 1.54) is 0 Å². The van der Waals surface area contributed by atoms with Crippen molar-refractivity contribution in [2.24, 2.45) is 0 Å². The zero-order valence-electron chi connectivity index (χ0n) is 5.66. The monoisotopic (exact) mass is 302 g/mol. The zero-order valence-corrected chi connectivity index (χ0v) is 9.33. The van der Waals surface area contributed by atoms with Gasteiger partial charge >= 0.3 is 0 Å². The molecule has 0 bridgehead atoms. The summed E-state index contributed by atoms with van der Waals surface area (Å²) in [5, 5.41) is 0.728. The first kappa shape index (κ1) is 9.35. The molecule has 1 rings (SSSR count). The van der Waals surface area contributed by atoms with Gasteiger partial charge in [-0.1, -0.05) is 23.2 Å². The molecule has 0 aliphatic heterocycles. The second-order valence-corrected chi connectivity index (χ2v) is 3.84. The van der Waals surface area contributed by atoms with Gasteiger partial charge in [-0.3, -0.25) is 0 Å². The lowest BCUT2D eigenvalue weighted by atomic mass is 10.3. The van der Waals surface area contributed by atoms with E-state index in [2.05, 4.69) is 4.98 Å². The van der Waals surface area contributed by atoms with Gasteiger partial charge in [0.1, 0.15) is 10.3 Å². The third-order valence-electron chi connectivity index (χ3n) is 1.33. The summed E-state index contributed by atoms with van der Waals surface area (Å²) in [4.78, 5) is 3.88. The Morgan fingerprint density at radius 1 is 1.36 bits per heavy atom. The molecule has 0 radical (unpaired) electrons. The van der Waals surface area contributed by atoms with Crippen molar-refractivity contribution in [3.63, 3.8) is 0 Å². The second kappa shape index (κ2) is 3.33. The molecule has 2 N–H and O–H groups in total. The highest BCUT2D eigenvalue weighted by Crippen LogP contribution is 2.29. The van der Waals surface area contributed by atoms with Crippen LogP contribution in [0.15, 0.2) is 0 Å². The zero-order chi connectivity index (χ0) is 8.59. The molecule has 60 valence electrons. The van der Waals surface area contributed by atoms with Crippen molar-refractivity contribution in [2.75, 3.05) is 5.73 Å². The van der Waals surface area contributed by atoms with Crippen molar-refractivity contribution in [1.29, 1.82) is 0 Å². The summed E-state index contributed by atoms with van der Waals surface area (Å²) in [5.74, 6) is 0. The molecule has 0 saturated carbocycles. The van der Waals surface area contributed by atoms with Crippen molar-refractivity contribution in [2.45, 2.75) is 6.92 Å². The highest BCUT2D eigenvalue weighted by molar-refractivity contribution is 14.1. The van der Waals surface area contributed by atoms with Crippen LogP contribution >= 0.6 is 45.8 Å². The maximum absolute atomic E-state index is 5.71. The van der Waals surface area contributed by atoms with E-state index in [0.717, 1.165) is 9.13 Å². The Kier molecular flexibility index (Phi) is 2.83. The van der Waals surface area contributed by atoms with E-state index in [-0.39, 0.29) is 0 Å². The SMILES string of the molecule is Cc1c(Cl)nc(Cl)c(I)c1N. The highest BCUT2D eigenvalue weighted by Gasteiger charge is 2.09. The lowest BCUT2D eigenvalue weighted by Crippen LogP contribution is -1.97. The van der Waals surface area contributed by atoms with Crippen LogP contribution in [0.2, 0.25) is 10.3 Å². The number of anilines is 1. The van der Waals surface area contributed by atoms with Crippen molar-refractivity contribution in [3.8, 4) is 0 Å². The van der Waals surface area contributed by atoms with Gasteiger partial charge in [-0.25, -0.2) is 4.98 Å². The Labute approximate surface area is 88.2 Å². The lowest BCUT2D eigenvalue weighted by molar-refractivity contribution is 1.25. The molecule has 0 aliphatic rings. The predicted octanol–water partition coefficient (Wildman–Crippen LogP) is 2.88. The fourth-order valence-corrected chi connectivity index (χ4v) is 1.55. The van der Waals surface area contributed by atoms with Crippen molar-refractivity contribution in [1.82, 2.24) is 4.98 Å². The van der Waals surface area contributed by atoms with Gasteiger partial charge in [-0.15, -0.1) is 0 Å². The standard InChI is InChI=1S/C6H5Cl2IN2/c1-2-4(10)3(9)6(8)11-5(2)7/h1H3,(H2,10,11). The molecule has 0 spiro atoms. The Morgan fingerprint density at radius 3 is 2.45 bits per heavy atom. The number of nitrogens with zero attached hydrogens (tertiary/aromatic N) is 1. The van der Waals surface area contributed by atoms with Crippen LogP contribution in [0.3, 0.4) is 0 Å². The number of nitrogen functional groups attached to an aromatic ring is 1. The first-order valence-corrected chi connectivity index (χ1v) is 4.64. The largest absolute Gasteiger partial charge is 0.397 e. The molecule has 0 saturated heterocycles. The van der Waals surface area contributed by atoms with Crippen LogP contribution < -0.4 is 5.73 Å². The van der Waals surface area contributed by atoms with Gasteiger partial charge < -0.3 is 5.73 Å². The minimum atomic E-state index is 0.360. The summed E-state index contributed by atoms with van der Waals surface area (Å²) in [5.41, 5.74) is 7.05. The molecule has 11 heavy (non-hydrogen) atoms. The number of nitrogens with two attached hydrogens (primary N) is 1. The van der Waals surface area contributed by atoms with Gasteiger partial charge in [0.25, 0.3) is 0 Å². The van der Waals surface area contributed by atoms with Crippen LogP contribution in [0.5, 0.6) is 0 Å². The first-order valence-electron chi connectivity index (χ1n) is 2.80. The Balaban J connectivity index is 3.46. The maximum Gasteiger partial charge on any atom is 0.146 e. The quantitative estimate of drug-likeness (QED) is 0.591. The van der Waals surface area contributed by atoms with Crippen molar-refractivity contribution < 1.29 is 0 Å². The van der Waals surface area contributed by atoms with Crippen LogP contribution in [0.25, 0.3) is 0 Å². The van der Waals surface area contributed by atoms with Crippen LogP contribution in [0.4, 0.5) is 5.69 Å². The predicted molar refractivity (Wildman–Crippen MR) is 56.1 cm³/mol. The molecule has 1 aromatic heterocycles. The number of aromatic nitrogens is 1. The molecule has 0 atom stereocenters. The number of hydrogen-bond acceptors (Lipinski definition) is 2. The molecule has 0 aromatic carbocycles. The summed E-state index contributed by atoms with van der Waals surface area (Å²) in [6.45, 7) is 1.81. The van der Waals surface area contributed by atoms with Crippen LogP contribution in [-0.4, -0.2) is 4.98 Å². The molecule has 1 heterocycles. The minimum absolute atomic E-state index is 0.360. The molecular weight excluding hydrogens is 298 g/mol. The topological polar surface area (TPSA) is 38.9 Å². The molecule has 0 aliphatic carbocycles. The fourth-order valence-electron chi connectivity index (χ4n) is 0.606. The molecule has 2 nitrogen and oxygen atoms in total. The van der Waals surface area contributed by atoms with E-state index >= 15 is 0 Å². The molecule has 0 unspecified atom stereocenters. The third-order valence-corrected chi connectivity index (χ3v) is 3.38. The van der Waals surface area contributed by atoms with Gasteiger partial charge in [0.05, 0.1) is 9.26 Å². The minimum Gasteiger partial charge on any atom is -0.397 e. The van der Waals surface area contributed by atoms with Gasteiger partial charge in [0.2, 0.25) is 0 Å². The summed E-state index contributed by atoms with van der Waals surface area (Å²) < 4.78 is 0.756. The van der Waals surface area contributed by atoms with Crippen molar-refractivity contribution >= 4 is 51.5 Å². The Bertz CT molecular complexity index is 275. The van der Waals surface area contributed by atoms with Gasteiger partial charge in [0.15, 0.2) is 0 Å². The summed E-state index contributed by atoms with van der Waals surface area (Å²) in [6.07, 6.45) is 0. The average Bonchev–Trinajstić information content (AvgIpc) is 1.97. The molecule has 0 amide bonds. The average molecular weight is 303 g/mol. The van der Waals surface area contributed by atoms with E-state index in [4.69, 9.17) is 28.9 Å². The number of pyridine rings is 1. The van der Waals surface area contributed by atoms with Crippen LogP contribution in [0.1, 0.15) is 5.56 Å². The van der Waals surface area contributed by atoms with Gasteiger partial charge in [-0.05, 0) is 29.5 Å². The third kappa shape index (κ3) is 1.71. The summed E-state index contributed by atoms with van der Waals surface area (Å²) in [7, 11) is 0. The lowest BCUT2D eigenvalue weighted by Gasteiger charge is -2.05. The molecular formula is C6H5Cl2IN2.